The molecule has 1 aromatic carbocycles. The highest BCUT2D eigenvalue weighted by Crippen LogP contribution is 2.32. The lowest BCUT2D eigenvalue weighted by Gasteiger charge is -2.31. The Morgan fingerprint density at radius 2 is 2.00 bits per heavy atom. The lowest BCUT2D eigenvalue weighted by atomic mass is 10.0. The van der Waals surface area contributed by atoms with Crippen LogP contribution in [0.4, 0.5) is 17.6 Å². The van der Waals surface area contributed by atoms with E-state index < -0.39 is 23.8 Å². The van der Waals surface area contributed by atoms with E-state index in [1.807, 2.05) is 0 Å². The molecule has 3 heterocycles. The highest BCUT2D eigenvalue weighted by atomic mass is 19.3. The number of aromatic nitrogens is 5. The lowest BCUT2D eigenvalue weighted by Crippen LogP contribution is -2.42. The Balaban J connectivity index is 1.53. The number of hydrogen-bond acceptors (Lipinski definition) is 6. The minimum Gasteiger partial charge on any atom is -0.415 e. The maximum atomic E-state index is 14.3. The number of halogens is 4. The van der Waals surface area contributed by atoms with Crippen LogP contribution in [-0.2, 0) is 17.0 Å². The molecule has 0 aliphatic carbocycles. The van der Waals surface area contributed by atoms with E-state index in [9.17, 15) is 17.6 Å². The normalized spacial score (nSPS) is 16.0. The minimum atomic E-state index is -2.90. The van der Waals surface area contributed by atoms with Gasteiger partial charge in [0, 0.05) is 11.1 Å². The van der Waals surface area contributed by atoms with Gasteiger partial charge in [0.05, 0.1) is 26.0 Å². The van der Waals surface area contributed by atoms with Crippen LogP contribution in [0.5, 0.6) is 0 Å². The first-order valence-electron chi connectivity index (χ1n) is 7.52. The summed E-state index contributed by atoms with van der Waals surface area (Å²) in [4.78, 5) is 0. The first kappa shape index (κ1) is 16.6. The molecule has 0 radical (unpaired) electrons. The Kier molecular flexibility index (Phi) is 3.94. The van der Waals surface area contributed by atoms with E-state index in [0.29, 0.717) is 0 Å². The van der Waals surface area contributed by atoms with Gasteiger partial charge in [-0.05, 0) is 12.1 Å². The maximum Gasteiger partial charge on any atom is 0.314 e. The number of rotatable bonds is 5. The second-order valence-electron chi connectivity index (χ2n) is 5.81. The van der Waals surface area contributed by atoms with E-state index in [-0.39, 0.29) is 42.5 Å². The van der Waals surface area contributed by atoms with Crippen molar-refractivity contribution >= 4 is 0 Å². The van der Waals surface area contributed by atoms with Crippen LogP contribution in [0.2, 0.25) is 0 Å². The van der Waals surface area contributed by atoms with Crippen molar-refractivity contribution in [2.24, 2.45) is 0 Å². The molecule has 136 valence electrons. The Labute approximate surface area is 143 Å². The van der Waals surface area contributed by atoms with Crippen molar-refractivity contribution in [1.29, 1.82) is 0 Å². The molecule has 26 heavy (non-hydrogen) atoms. The Morgan fingerprint density at radius 1 is 1.19 bits per heavy atom. The molecule has 0 N–H and O–H groups in total. The standard InChI is InChI=1S/C15H11F4N5O2/c16-10-3-8(13-21-22-14(26-13)12(17)18)1-2-9(10)4-24-5-11(20-23-24)15(19)6-25-7-15/h1-3,5,12H,4,6-7H2. The third-order valence-electron chi connectivity index (χ3n) is 3.92. The molecule has 1 saturated heterocycles. The molecule has 0 atom stereocenters. The summed E-state index contributed by atoms with van der Waals surface area (Å²) in [5.74, 6) is -1.67. The zero-order chi connectivity index (χ0) is 18.3. The van der Waals surface area contributed by atoms with Gasteiger partial charge in [-0.1, -0.05) is 11.3 Å². The average Bonchev–Trinajstić information content (AvgIpc) is 3.24. The van der Waals surface area contributed by atoms with Gasteiger partial charge in [0.1, 0.15) is 11.5 Å². The van der Waals surface area contributed by atoms with Crippen LogP contribution in [0.15, 0.2) is 28.8 Å². The van der Waals surface area contributed by atoms with Crippen molar-refractivity contribution in [2.45, 2.75) is 18.6 Å². The highest BCUT2D eigenvalue weighted by molar-refractivity contribution is 5.53. The summed E-state index contributed by atoms with van der Waals surface area (Å²) in [5, 5.41) is 14.2. The van der Waals surface area contributed by atoms with E-state index in [2.05, 4.69) is 20.5 Å². The van der Waals surface area contributed by atoms with Crippen molar-refractivity contribution in [3.63, 3.8) is 0 Å². The summed E-state index contributed by atoms with van der Waals surface area (Å²) in [6, 6.07) is 3.97. The Morgan fingerprint density at radius 3 is 2.62 bits per heavy atom. The van der Waals surface area contributed by atoms with Gasteiger partial charge in [-0.2, -0.15) is 8.78 Å². The van der Waals surface area contributed by atoms with Crippen LogP contribution in [0.25, 0.3) is 11.5 Å². The Bertz CT molecular complexity index is 938. The van der Waals surface area contributed by atoms with Gasteiger partial charge in [-0.25, -0.2) is 13.5 Å². The van der Waals surface area contributed by atoms with Gasteiger partial charge in [-0.3, -0.25) is 0 Å². The zero-order valence-corrected chi connectivity index (χ0v) is 13.1. The van der Waals surface area contributed by atoms with E-state index in [4.69, 9.17) is 9.15 Å². The van der Waals surface area contributed by atoms with Crippen LogP contribution >= 0.6 is 0 Å². The number of benzene rings is 1. The molecule has 1 fully saturated rings. The number of hydrogen-bond donors (Lipinski definition) is 0. The molecule has 1 aliphatic heterocycles. The molecular formula is C15H11F4N5O2. The van der Waals surface area contributed by atoms with Crippen LogP contribution in [0.3, 0.4) is 0 Å². The monoisotopic (exact) mass is 369 g/mol. The lowest BCUT2D eigenvalue weighted by molar-refractivity contribution is -0.137. The summed E-state index contributed by atoms with van der Waals surface area (Å²) in [7, 11) is 0. The van der Waals surface area contributed by atoms with Crippen molar-refractivity contribution in [2.75, 3.05) is 13.2 Å². The predicted molar refractivity (Wildman–Crippen MR) is 77.4 cm³/mol. The smallest absolute Gasteiger partial charge is 0.314 e. The number of alkyl halides is 3. The fraction of sp³-hybridized carbons (Fsp3) is 0.333. The first-order valence-corrected chi connectivity index (χ1v) is 7.52. The molecule has 0 spiro atoms. The molecule has 0 amide bonds. The second kappa shape index (κ2) is 6.16. The number of ether oxygens (including phenoxy) is 1. The molecule has 0 saturated carbocycles. The molecule has 3 aromatic rings. The van der Waals surface area contributed by atoms with Crippen molar-refractivity contribution in [3.8, 4) is 11.5 Å². The quantitative estimate of drug-likeness (QED) is 0.644. The van der Waals surface area contributed by atoms with E-state index in [0.717, 1.165) is 6.07 Å². The average molecular weight is 369 g/mol. The van der Waals surface area contributed by atoms with Crippen LogP contribution in [-0.4, -0.2) is 38.4 Å². The summed E-state index contributed by atoms with van der Waals surface area (Å²) < 4.78 is 64.4. The molecule has 11 heteroatoms. The fourth-order valence-corrected chi connectivity index (χ4v) is 2.43. The highest BCUT2D eigenvalue weighted by Gasteiger charge is 2.43. The fourth-order valence-electron chi connectivity index (χ4n) is 2.43. The minimum absolute atomic E-state index is 0.0160. The third-order valence-corrected chi connectivity index (χ3v) is 3.92. The molecule has 0 bridgehead atoms. The summed E-state index contributed by atoms with van der Waals surface area (Å²) in [6.45, 7) is -0.152. The van der Waals surface area contributed by atoms with Crippen LogP contribution < -0.4 is 0 Å². The summed E-state index contributed by atoms with van der Waals surface area (Å²) in [5.41, 5.74) is -1.11. The molecule has 1 aliphatic rings. The molecule has 2 aromatic heterocycles. The van der Waals surface area contributed by atoms with E-state index in [1.165, 1.54) is 23.0 Å². The van der Waals surface area contributed by atoms with Gasteiger partial charge in [0.15, 0.2) is 0 Å². The van der Waals surface area contributed by atoms with Crippen molar-refractivity contribution < 1.29 is 26.7 Å². The topological polar surface area (TPSA) is 78.9 Å². The van der Waals surface area contributed by atoms with Crippen molar-refractivity contribution in [3.05, 3.63) is 47.4 Å². The summed E-state index contributed by atoms with van der Waals surface area (Å²) in [6.07, 6.45) is -1.51. The zero-order valence-electron chi connectivity index (χ0n) is 13.1. The number of nitrogens with zero attached hydrogens (tertiary/aromatic N) is 5. The molecule has 7 nitrogen and oxygen atoms in total. The first-order chi connectivity index (χ1) is 12.4. The van der Waals surface area contributed by atoms with Gasteiger partial charge < -0.3 is 9.15 Å². The van der Waals surface area contributed by atoms with Gasteiger partial charge in [0.25, 0.3) is 5.89 Å². The van der Waals surface area contributed by atoms with E-state index >= 15 is 0 Å². The largest absolute Gasteiger partial charge is 0.415 e. The molecular weight excluding hydrogens is 358 g/mol. The van der Waals surface area contributed by atoms with Gasteiger partial charge >= 0.3 is 6.43 Å². The second-order valence-corrected chi connectivity index (χ2v) is 5.81. The molecule has 0 unspecified atom stereocenters. The predicted octanol–water partition coefficient (Wildman–Crippen LogP) is 2.65. The van der Waals surface area contributed by atoms with Crippen LogP contribution in [0, 0.1) is 5.82 Å². The van der Waals surface area contributed by atoms with Crippen molar-refractivity contribution in [1.82, 2.24) is 25.2 Å². The third kappa shape index (κ3) is 2.94. The van der Waals surface area contributed by atoms with Crippen LogP contribution in [0.1, 0.15) is 23.6 Å². The van der Waals surface area contributed by atoms with Gasteiger partial charge in [0.2, 0.25) is 11.6 Å². The maximum absolute atomic E-state index is 14.3. The molecule has 4 rings (SSSR count). The SMILES string of the molecule is Fc1cc(-c2nnc(C(F)F)o2)ccc1Cn1cc(C2(F)COC2)nn1. The summed E-state index contributed by atoms with van der Waals surface area (Å²) >= 11 is 0. The van der Waals surface area contributed by atoms with Gasteiger partial charge in [-0.15, -0.1) is 15.3 Å². The van der Waals surface area contributed by atoms with E-state index in [1.54, 1.807) is 0 Å². The Hall–Kier alpha value is -2.82.